The molecule has 0 heterocycles. The zero-order chi connectivity index (χ0) is 19.3. The minimum Gasteiger partial charge on any atom is -0.347 e. The quantitative estimate of drug-likeness (QED) is 0.666. The van der Waals surface area contributed by atoms with E-state index in [1.807, 2.05) is 6.92 Å². The molecule has 0 unspecified atom stereocenters. The maximum Gasteiger partial charge on any atom is 0.313 e. The first-order valence-corrected chi connectivity index (χ1v) is 9.56. The SMILES string of the molecule is Cc1ccc(NC(=O)C(=O)NCCc2ccc(S(N)(=O)=O)cc2)cc1Cl. The smallest absolute Gasteiger partial charge is 0.313 e. The van der Waals surface area contributed by atoms with Crippen LogP contribution in [0.1, 0.15) is 11.1 Å². The second-order valence-corrected chi connectivity index (χ2v) is 7.58. The maximum atomic E-state index is 11.9. The fraction of sp³-hybridized carbons (Fsp3) is 0.176. The molecule has 138 valence electrons. The van der Waals surface area contributed by atoms with Crippen LogP contribution in [0.4, 0.5) is 5.69 Å². The predicted molar refractivity (Wildman–Crippen MR) is 99.3 cm³/mol. The third-order valence-corrected chi connectivity index (χ3v) is 4.92. The van der Waals surface area contributed by atoms with Gasteiger partial charge < -0.3 is 10.6 Å². The lowest BCUT2D eigenvalue weighted by atomic mass is 10.1. The Kier molecular flexibility index (Phi) is 6.36. The van der Waals surface area contributed by atoms with Gasteiger partial charge >= 0.3 is 11.8 Å². The van der Waals surface area contributed by atoms with Gasteiger partial charge in [-0.05, 0) is 48.7 Å². The van der Waals surface area contributed by atoms with Gasteiger partial charge in [-0.25, -0.2) is 13.6 Å². The van der Waals surface area contributed by atoms with Crippen LogP contribution < -0.4 is 15.8 Å². The molecule has 2 aromatic rings. The van der Waals surface area contributed by atoms with Gasteiger partial charge in [-0.2, -0.15) is 0 Å². The van der Waals surface area contributed by atoms with Crippen LogP contribution in [0.2, 0.25) is 5.02 Å². The molecule has 0 saturated carbocycles. The number of hydrogen-bond donors (Lipinski definition) is 3. The number of anilines is 1. The van der Waals surface area contributed by atoms with Crippen molar-refractivity contribution in [2.45, 2.75) is 18.2 Å². The molecule has 0 bridgehead atoms. The standard InChI is InChI=1S/C17H18ClN3O4S/c1-11-2-5-13(10-15(11)18)21-17(23)16(22)20-9-8-12-3-6-14(7-4-12)26(19,24)25/h2-7,10H,8-9H2,1H3,(H,20,22)(H,21,23)(H2,19,24,25). The summed E-state index contributed by atoms with van der Waals surface area (Å²) in [4.78, 5) is 23.7. The van der Waals surface area contributed by atoms with E-state index in [-0.39, 0.29) is 11.4 Å². The highest BCUT2D eigenvalue weighted by atomic mass is 35.5. The molecule has 26 heavy (non-hydrogen) atoms. The van der Waals surface area contributed by atoms with Gasteiger partial charge in [-0.3, -0.25) is 9.59 Å². The van der Waals surface area contributed by atoms with Gasteiger partial charge in [0.05, 0.1) is 4.90 Å². The van der Waals surface area contributed by atoms with E-state index in [1.54, 1.807) is 30.3 Å². The summed E-state index contributed by atoms with van der Waals surface area (Å²) >= 11 is 5.97. The predicted octanol–water partition coefficient (Wildman–Crippen LogP) is 1.59. The van der Waals surface area contributed by atoms with E-state index in [9.17, 15) is 18.0 Å². The average molecular weight is 396 g/mol. The van der Waals surface area contributed by atoms with Crippen molar-refractivity contribution in [1.82, 2.24) is 5.32 Å². The third kappa shape index (κ3) is 5.55. The molecule has 0 radical (unpaired) electrons. The largest absolute Gasteiger partial charge is 0.347 e. The Morgan fingerprint density at radius 1 is 1.08 bits per heavy atom. The van der Waals surface area contributed by atoms with Crippen molar-refractivity contribution in [1.29, 1.82) is 0 Å². The number of nitrogens with one attached hydrogen (secondary N) is 2. The molecular formula is C17H18ClN3O4S. The lowest BCUT2D eigenvalue weighted by Crippen LogP contribution is -2.36. The lowest BCUT2D eigenvalue weighted by molar-refractivity contribution is -0.136. The number of sulfonamides is 1. The summed E-state index contributed by atoms with van der Waals surface area (Å²) in [5, 5.41) is 10.5. The van der Waals surface area contributed by atoms with Gasteiger partial charge in [0, 0.05) is 17.3 Å². The highest BCUT2D eigenvalue weighted by Crippen LogP contribution is 2.19. The molecule has 2 amide bonds. The molecule has 0 aliphatic rings. The van der Waals surface area contributed by atoms with Gasteiger partial charge in [0.25, 0.3) is 0 Å². The number of aryl methyl sites for hydroxylation is 1. The van der Waals surface area contributed by atoms with E-state index in [4.69, 9.17) is 16.7 Å². The Bertz CT molecular complexity index is 928. The Labute approximate surface area is 156 Å². The van der Waals surface area contributed by atoms with Crippen LogP contribution in [0, 0.1) is 6.92 Å². The molecule has 0 atom stereocenters. The first kappa shape index (κ1) is 19.9. The first-order valence-electron chi connectivity index (χ1n) is 7.64. The van der Waals surface area contributed by atoms with E-state index in [1.165, 1.54) is 12.1 Å². The van der Waals surface area contributed by atoms with Crippen LogP contribution in [0.15, 0.2) is 47.4 Å². The van der Waals surface area contributed by atoms with Crippen molar-refractivity contribution < 1.29 is 18.0 Å². The summed E-state index contributed by atoms with van der Waals surface area (Å²) in [6.07, 6.45) is 0.431. The average Bonchev–Trinajstić information content (AvgIpc) is 2.57. The summed E-state index contributed by atoms with van der Waals surface area (Å²) < 4.78 is 22.4. The minimum atomic E-state index is -3.73. The van der Waals surface area contributed by atoms with Crippen molar-refractivity contribution >= 4 is 39.1 Å². The molecule has 0 saturated heterocycles. The molecule has 4 N–H and O–H groups in total. The summed E-state index contributed by atoms with van der Waals surface area (Å²) in [6, 6.07) is 10.9. The molecule has 0 spiro atoms. The Hall–Kier alpha value is -2.42. The fourth-order valence-electron chi connectivity index (χ4n) is 2.10. The summed E-state index contributed by atoms with van der Waals surface area (Å²) in [7, 11) is -3.73. The molecule has 0 fully saturated rings. The molecule has 0 aromatic heterocycles. The molecule has 0 aliphatic heterocycles. The van der Waals surface area contributed by atoms with E-state index < -0.39 is 21.8 Å². The number of rotatable bonds is 5. The van der Waals surface area contributed by atoms with Gasteiger partial charge in [-0.15, -0.1) is 0 Å². The fourth-order valence-corrected chi connectivity index (χ4v) is 2.80. The molecule has 0 aliphatic carbocycles. The monoisotopic (exact) mass is 395 g/mol. The van der Waals surface area contributed by atoms with Crippen LogP contribution in [0.25, 0.3) is 0 Å². The van der Waals surface area contributed by atoms with Gasteiger partial charge in [0.2, 0.25) is 10.0 Å². The van der Waals surface area contributed by atoms with E-state index in [0.29, 0.717) is 17.1 Å². The molecule has 2 aromatic carbocycles. The van der Waals surface area contributed by atoms with E-state index in [0.717, 1.165) is 11.1 Å². The van der Waals surface area contributed by atoms with Gasteiger partial charge in [-0.1, -0.05) is 29.8 Å². The molecular weight excluding hydrogens is 378 g/mol. The van der Waals surface area contributed by atoms with E-state index in [2.05, 4.69) is 10.6 Å². The van der Waals surface area contributed by atoms with Crippen molar-refractivity contribution in [3.63, 3.8) is 0 Å². The Balaban J connectivity index is 1.84. The zero-order valence-corrected chi connectivity index (χ0v) is 15.5. The van der Waals surface area contributed by atoms with Crippen LogP contribution in [-0.4, -0.2) is 26.8 Å². The highest BCUT2D eigenvalue weighted by molar-refractivity contribution is 7.89. The number of primary sulfonamides is 1. The number of carbonyl (C=O) groups is 2. The van der Waals surface area contributed by atoms with Crippen LogP contribution >= 0.6 is 11.6 Å². The highest BCUT2D eigenvalue weighted by Gasteiger charge is 2.13. The van der Waals surface area contributed by atoms with Crippen LogP contribution in [-0.2, 0) is 26.0 Å². The first-order chi connectivity index (χ1) is 12.2. The summed E-state index contributed by atoms with van der Waals surface area (Å²) in [6.45, 7) is 2.05. The molecule has 2 rings (SSSR count). The normalized spacial score (nSPS) is 11.0. The second kappa shape index (κ2) is 8.31. The van der Waals surface area contributed by atoms with Crippen LogP contribution in [0.3, 0.4) is 0 Å². The van der Waals surface area contributed by atoms with Gasteiger partial charge in [0.15, 0.2) is 0 Å². The second-order valence-electron chi connectivity index (χ2n) is 5.61. The lowest BCUT2D eigenvalue weighted by Gasteiger charge is -2.08. The van der Waals surface area contributed by atoms with Gasteiger partial charge in [0.1, 0.15) is 0 Å². The van der Waals surface area contributed by atoms with Crippen molar-refractivity contribution in [2.75, 3.05) is 11.9 Å². The van der Waals surface area contributed by atoms with E-state index >= 15 is 0 Å². The molecule has 7 nitrogen and oxygen atoms in total. The number of halogens is 1. The number of carbonyl (C=O) groups excluding carboxylic acids is 2. The Morgan fingerprint density at radius 3 is 2.31 bits per heavy atom. The minimum absolute atomic E-state index is 0.0152. The maximum absolute atomic E-state index is 11.9. The molecule has 9 heteroatoms. The zero-order valence-electron chi connectivity index (χ0n) is 14.0. The summed E-state index contributed by atoms with van der Waals surface area (Å²) in [5.41, 5.74) is 2.09. The Morgan fingerprint density at radius 2 is 1.73 bits per heavy atom. The van der Waals surface area contributed by atoms with Crippen molar-refractivity contribution in [3.05, 3.63) is 58.6 Å². The number of benzene rings is 2. The van der Waals surface area contributed by atoms with Crippen molar-refractivity contribution in [3.8, 4) is 0 Å². The number of nitrogens with two attached hydrogens (primary N) is 1. The number of amides is 2. The van der Waals surface area contributed by atoms with Crippen LogP contribution in [0.5, 0.6) is 0 Å². The topological polar surface area (TPSA) is 118 Å². The van der Waals surface area contributed by atoms with Crippen molar-refractivity contribution in [2.24, 2.45) is 5.14 Å². The third-order valence-electron chi connectivity index (χ3n) is 3.59. The number of hydrogen-bond acceptors (Lipinski definition) is 4. The summed E-state index contributed by atoms with van der Waals surface area (Å²) in [5.74, 6) is -1.57.